The third-order valence-electron chi connectivity index (χ3n) is 2.75. The average molecular weight is 264 g/mol. The lowest BCUT2D eigenvalue weighted by molar-refractivity contribution is 0.214. The molecule has 1 unspecified atom stereocenters. The summed E-state index contributed by atoms with van der Waals surface area (Å²) in [6, 6.07) is 9.06. The van der Waals surface area contributed by atoms with Crippen molar-refractivity contribution in [3.8, 4) is 5.75 Å². The summed E-state index contributed by atoms with van der Waals surface area (Å²) in [5.74, 6) is 0.654. The maximum absolute atomic E-state index is 10.4. The molecule has 0 aliphatic rings. The first kappa shape index (κ1) is 12.9. The SMILES string of the molecule is COc1ccc(C)cc1C(O)c1ccnc(Cl)c1. The normalized spacial score (nSPS) is 12.2. The van der Waals surface area contributed by atoms with Gasteiger partial charge in [0.2, 0.25) is 0 Å². The number of halogens is 1. The number of nitrogens with zero attached hydrogens (tertiary/aromatic N) is 1. The number of benzene rings is 1. The second-order valence-electron chi connectivity index (χ2n) is 4.06. The third-order valence-corrected chi connectivity index (χ3v) is 2.95. The molecule has 0 amide bonds. The van der Waals surface area contributed by atoms with Crippen LogP contribution in [0.15, 0.2) is 36.5 Å². The van der Waals surface area contributed by atoms with Crippen molar-refractivity contribution in [1.29, 1.82) is 0 Å². The summed E-state index contributed by atoms with van der Waals surface area (Å²) in [5.41, 5.74) is 2.48. The standard InChI is InChI=1S/C14H14ClNO2/c1-9-3-4-12(18-2)11(7-9)14(17)10-5-6-16-13(15)8-10/h3-8,14,17H,1-2H3. The number of aliphatic hydroxyl groups is 1. The van der Waals surface area contributed by atoms with Gasteiger partial charge in [-0.25, -0.2) is 4.98 Å². The van der Waals surface area contributed by atoms with Gasteiger partial charge in [-0.2, -0.15) is 0 Å². The summed E-state index contributed by atoms with van der Waals surface area (Å²) in [4.78, 5) is 3.90. The molecule has 0 saturated heterocycles. The quantitative estimate of drug-likeness (QED) is 0.865. The molecule has 94 valence electrons. The Balaban J connectivity index is 2.44. The van der Waals surface area contributed by atoms with Crippen molar-refractivity contribution in [2.24, 2.45) is 0 Å². The zero-order chi connectivity index (χ0) is 13.1. The fourth-order valence-electron chi connectivity index (χ4n) is 1.83. The largest absolute Gasteiger partial charge is 0.496 e. The van der Waals surface area contributed by atoms with E-state index in [1.165, 1.54) is 0 Å². The van der Waals surface area contributed by atoms with Gasteiger partial charge in [-0.15, -0.1) is 0 Å². The Labute approximate surface area is 111 Å². The molecule has 0 bridgehead atoms. The lowest BCUT2D eigenvalue weighted by Gasteiger charge is -2.16. The number of rotatable bonds is 3. The van der Waals surface area contributed by atoms with Crippen LogP contribution >= 0.6 is 11.6 Å². The highest BCUT2D eigenvalue weighted by Crippen LogP contribution is 2.31. The number of hydrogen-bond donors (Lipinski definition) is 1. The zero-order valence-electron chi connectivity index (χ0n) is 10.2. The van der Waals surface area contributed by atoms with E-state index in [0.717, 1.165) is 11.1 Å². The van der Waals surface area contributed by atoms with Gasteiger partial charge in [0.05, 0.1) is 7.11 Å². The van der Waals surface area contributed by atoms with Crippen LogP contribution in [-0.2, 0) is 0 Å². The number of aryl methyl sites for hydroxylation is 1. The van der Waals surface area contributed by atoms with E-state index >= 15 is 0 Å². The molecule has 1 heterocycles. The minimum atomic E-state index is -0.777. The molecule has 0 saturated carbocycles. The molecule has 0 aliphatic heterocycles. The molecule has 0 fully saturated rings. The summed E-state index contributed by atoms with van der Waals surface area (Å²) in [7, 11) is 1.58. The fraction of sp³-hybridized carbons (Fsp3) is 0.214. The van der Waals surface area contributed by atoms with Crippen molar-refractivity contribution in [2.45, 2.75) is 13.0 Å². The van der Waals surface area contributed by atoms with E-state index in [1.807, 2.05) is 25.1 Å². The maximum Gasteiger partial charge on any atom is 0.129 e. The Hall–Kier alpha value is -1.58. The lowest BCUT2D eigenvalue weighted by atomic mass is 10.00. The van der Waals surface area contributed by atoms with E-state index in [2.05, 4.69) is 4.98 Å². The molecule has 0 spiro atoms. The summed E-state index contributed by atoms with van der Waals surface area (Å²) < 4.78 is 5.26. The molecule has 2 rings (SSSR count). The molecular weight excluding hydrogens is 250 g/mol. The monoisotopic (exact) mass is 263 g/mol. The third kappa shape index (κ3) is 2.63. The molecule has 0 aliphatic carbocycles. The second kappa shape index (κ2) is 5.38. The molecule has 2 aromatic rings. The van der Waals surface area contributed by atoms with Crippen molar-refractivity contribution < 1.29 is 9.84 Å². The first-order chi connectivity index (χ1) is 8.61. The topological polar surface area (TPSA) is 42.4 Å². The van der Waals surface area contributed by atoms with Gasteiger partial charge in [0.1, 0.15) is 17.0 Å². The van der Waals surface area contributed by atoms with Crippen LogP contribution < -0.4 is 4.74 Å². The predicted octanol–water partition coefficient (Wildman–Crippen LogP) is 3.13. The summed E-state index contributed by atoms with van der Waals surface area (Å²) in [6.07, 6.45) is 0.795. The van der Waals surface area contributed by atoms with Crippen molar-refractivity contribution in [2.75, 3.05) is 7.11 Å². The molecular formula is C14H14ClNO2. The minimum absolute atomic E-state index is 0.359. The number of ether oxygens (including phenoxy) is 1. The molecule has 4 heteroatoms. The Morgan fingerprint density at radius 1 is 1.28 bits per heavy atom. The van der Waals surface area contributed by atoms with Crippen LogP contribution in [0.1, 0.15) is 22.8 Å². The van der Waals surface area contributed by atoms with E-state index in [4.69, 9.17) is 16.3 Å². The number of hydrogen-bond acceptors (Lipinski definition) is 3. The van der Waals surface area contributed by atoms with E-state index in [9.17, 15) is 5.11 Å². The van der Waals surface area contributed by atoms with E-state index in [-0.39, 0.29) is 0 Å². The van der Waals surface area contributed by atoms with E-state index in [1.54, 1.807) is 25.4 Å². The van der Waals surface area contributed by atoms with Gasteiger partial charge in [0.15, 0.2) is 0 Å². The highest BCUT2D eigenvalue weighted by molar-refractivity contribution is 6.29. The van der Waals surface area contributed by atoms with Crippen LogP contribution in [-0.4, -0.2) is 17.2 Å². The molecule has 1 aromatic heterocycles. The van der Waals surface area contributed by atoms with Crippen molar-refractivity contribution in [1.82, 2.24) is 4.98 Å². The van der Waals surface area contributed by atoms with Gasteiger partial charge in [0.25, 0.3) is 0 Å². The van der Waals surface area contributed by atoms with Gasteiger partial charge in [-0.3, -0.25) is 0 Å². The molecule has 3 nitrogen and oxygen atoms in total. The minimum Gasteiger partial charge on any atom is -0.496 e. The summed E-state index contributed by atoms with van der Waals surface area (Å²) in [6.45, 7) is 1.97. The van der Waals surface area contributed by atoms with Gasteiger partial charge >= 0.3 is 0 Å². The second-order valence-corrected chi connectivity index (χ2v) is 4.45. The van der Waals surface area contributed by atoms with Crippen LogP contribution in [0.25, 0.3) is 0 Å². The number of aliphatic hydroxyl groups excluding tert-OH is 1. The van der Waals surface area contributed by atoms with Crippen molar-refractivity contribution in [3.05, 3.63) is 58.4 Å². The Bertz CT molecular complexity index is 557. The van der Waals surface area contributed by atoms with Crippen molar-refractivity contribution in [3.63, 3.8) is 0 Å². The Morgan fingerprint density at radius 2 is 2.06 bits per heavy atom. The Kier molecular flexibility index (Phi) is 3.84. The predicted molar refractivity (Wildman–Crippen MR) is 71.0 cm³/mol. The van der Waals surface area contributed by atoms with Crippen LogP contribution in [0, 0.1) is 6.92 Å². The molecule has 1 aromatic carbocycles. The average Bonchev–Trinajstić information content (AvgIpc) is 2.38. The van der Waals surface area contributed by atoms with Gasteiger partial charge in [-0.1, -0.05) is 23.2 Å². The fourth-order valence-corrected chi connectivity index (χ4v) is 2.02. The van der Waals surface area contributed by atoms with Gasteiger partial charge < -0.3 is 9.84 Å². The maximum atomic E-state index is 10.4. The first-order valence-corrected chi connectivity index (χ1v) is 5.93. The Morgan fingerprint density at radius 3 is 2.72 bits per heavy atom. The van der Waals surface area contributed by atoms with Crippen LogP contribution in [0.2, 0.25) is 5.15 Å². The molecule has 18 heavy (non-hydrogen) atoms. The molecule has 0 radical (unpaired) electrons. The van der Waals surface area contributed by atoms with Crippen LogP contribution in [0.5, 0.6) is 5.75 Å². The number of aromatic nitrogens is 1. The van der Waals surface area contributed by atoms with Gasteiger partial charge in [0, 0.05) is 11.8 Å². The number of pyridine rings is 1. The van der Waals surface area contributed by atoms with Crippen LogP contribution in [0.4, 0.5) is 0 Å². The molecule has 1 atom stereocenters. The highest BCUT2D eigenvalue weighted by Gasteiger charge is 2.16. The summed E-state index contributed by atoms with van der Waals surface area (Å²) >= 11 is 5.83. The van der Waals surface area contributed by atoms with Crippen molar-refractivity contribution >= 4 is 11.6 Å². The van der Waals surface area contributed by atoms with E-state index < -0.39 is 6.10 Å². The smallest absolute Gasteiger partial charge is 0.129 e. The summed E-state index contributed by atoms with van der Waals surface area (Å²) in [5, 5.41) is 10.7. The zero-order valence-corrected chi connectivity index (χ0v) is 11.0. The lowest BCUT2D eigenvalue weighted by Crippen LogP contribution is -2.03. The highest BCUT2D eigenvalue weighted by atomic mass is 35.5. The molecule has 1 N–H and O–H groups in total. The number of methoxy groups -OCH3 is 1. The first-order valence-electron chi connectivity index (χ1n) is 5.56. The van der Waals surface area contributed by atoms with E-state index in [0.29, 0.717) is 16.5 Å². The van der Waals surface area contributed by atoms with Crippen LogP contribution in [0.3, 0.4) is 0 Å². The van der Waals surface area contributed by atoms with Gasteiger partial charge in [-0.05, 0) is 36.8 Å².